The molecule has 2 heterocycles. The van der Waals surface area contributed by atoms with Crippen LogP contribution in [0.2, 0.25) is 0 Å². The van der Waals surface area contributed by atoms with E-state index in [2.05, 4.69) is 24.5 Å². The Hall–Kier alpha value is -0.850. The van der Waals surface area contributed by atoms with Crippen LogP contribution in [-0.4, -0.2) is 49.8 Å². The van der Waals surface area contributed by atoms with Crippen LogP contribution < -0.4 is 10.6 Å². The van der Waals surface area contributed by atoms with Gasteiger partial charge >= 0.3 is 6.03 Å². The maximum absolute atomic E-state index is 12.4. The lowest BCUT2D eigenvalue weighted by Crippen LogP contribution is -2.68. The minimum absolute atomic E-state index is 0.0284. The highest BCUT2D eigenvalue weighted by molar-refractivity contribution is 5.75. The van der Waals surface area contributed by atoms with Crippen molar-refractivity contribution in [3.63, 3.8) is 0 Å². The summed E-state index contributed by atoms with van der Waals surface area (Å²) in [6, 6.07) is 0.390. The summed E-state index contributed by atoms with van der Waals surface area (Å²) in [6.45, 7) is 6.58. The molecule has 23 heavy (non-hydrogen) atoms. The summed E-state index contributed by atoms with van der Waals surface area (Å²) in [6.07, 6.45) is 4.92. The number of urea groups is 1. The smallest absolute Gasteiger partial charge is 0.315 e. The predicted octanol–water partition coefficient (Wildman–Crippen LogP) is 1.78. The third kappa shape index (κ3) is 2.65. The van der Waals surface area contributed by atoms with Gasteiger partial charge in [-0.15, -0.1) is 0 Å². The summed E-state index contributed by atoms with van der Waals surface area (Å²) in [7, 11) is 0. The molecule has 2 saturated heterocycles. The fourth-order valence-corrected chi connectivity index (χ4v) is 4.97. The lowest BCUT2D eigenvalue weighted by molar-refractivity contribution is -0.179. The number of rotatable bonds is 2. The molecule has 6 heteroatoms. The predicted molar refractivity (Wildman–Crippen MR) is 84.0 cm³/mol. The van der Waals surface area contributed by atoms with E-state index in [-0.39, 0.29) is 29.3 Å². The Balaban J connectivity index is 1.26. The van der Waals surface area contributed by atoms with Gasteiger partial charge in [-0.05, 0) is 19.3 Å². The van der Waals surface area contributed by atoms with Gasteiger partial charge in [0.1, 0.15) is 0 Å². The standard InChI is InChI=1S/C17H28N2O4/c1-16(2)13(12-5-8-21-14(12)16)19-15(20)18-11-3-6-17(7-4-11)22-9-10-23-17/h11-14H,3-10H2,1-2H3,(H2,18,19,20). The molecule has 2 amide bonds. The quantitative estimate of drug-likeness (QED) is 0.812. The summed E-state index contributed by atoms with van der Waals surface area (Å²) in [5, 5.41) is 6.33. The van der Waals surface area contributed by atoms with E-state index in [0.29, 0.717) is 25.2 Å². The number of nitrogens with one attached hydrogen (secondary N) is 2. The zero-order valence-corrected chi connectivity index (χ0v) is 14.1. The van der Waals surface area contributed by atoms with Gasteiger partial charge in [-0.2, -0.15) is 0 Å². The third-order valence-electron chi connectivity index (χ3n) is 6.28. The Morgan fingerprint density at radius 2 is 1.70 bits per heavy atom. The van der Waals surface area contributed by atoms with Crippen LogP contribution in [0.15, 0.2) is 0 Å². The SMILES string of the molecule is CC1(C)C(NC(=O)NC2CCC3(CC2)OCCO3)C2CCOC21. The largest absolute Gasteiger partial charge is 0.377 e. The summed E-state index contributed by atoms with van der Waals surface area (Å²) in [5.41, 5.74) is 0.0284. The van der Waals surface area contributed by atoms with Gasteiger partial charge in [-0.3, -0.25) is 0 Å². The Bertz CT molecular complexity index is 465. The molecule has 0 aromatic carbocycles. The van der Waals surface area contributed by atoms with Crippen molar-refractivity contribution in [3.05, 3.63) is 0 Å². The van der Waals surface area contributed by atoms with Gasteiger partial charge < -0.3 is 24.8 Å². The normalized spacial score (nSPS) is 40.4. The summed E-state index contributed by atoms with van der Waals surface area (Å²) in [5.74, 6) is 0.115. The Labute approximate surface area is 137 Å². The first-order valence-electron chi connectivity index (χ1n) is 8.97. The van der Waals surface area contributed by atoms with Gasteiger partial charge in [-0.25, -0.2) is 4.79 Å². The molecule has 2 N–H and O–H groups in total. The second-order valence-corrected chi connectivity index (χ2v) is 8.04. The van der Waals surface area contributed by atoms with E-state index in [9.17, 15) is 4.79 Å². The molecular weight excluding hydrogens is 296 g/mol. The van der Waals surface area contributed by atoms with Crippen molar-refractivity contribution in [1.82, 2.24) is 10.6 Å². The molecule has 2 saturated carbocycles. The van der Waals surface area contributed by atoms with E-state index < -0.39 is 0 Å². The molecule has 0 radical (unpaired) electrons. The molecule has 3 atom stereocenters. The molecule has 130 valence electrons. The van der Waals surface area contributed by atoms with Crippen molar-refractivity contribution in [1.29, 1.82) is 0 Å². The van der Waals surface area contributed by atoms with Crippen molar-refractivity contribution in [3.8, 4) is 0 Å². The minimum atomic E-state index is -0.362. The Morgan fingerprint density at radius 1 is 1.00 bits per heavy atom. The molecular formula is C17H28N2O4. The van der Waals surface area contributed by atoms with Crippen molar-refractivity contribution >= 4 is 6.03 Å². The second kappa shape index (κ2) is 5.60. The lowest BCUT2D eigenvalue weighted by Gasteiger charge is -2.54. The number of amides is 2. The number of fused-ring (bicyclic) bond motifs is 1. The summed E-state index contributed by atoms with van der Waals surface area (Å²) < 4.78 is 17.3. The maximum atomic E-state index is 12.4. The van der Waals surface area contributed by atoms with Crippen molar-refractivity contribution < 1.29 is 19.0 Å². The molecule has 1 spiro atoms. The van der Waals surface area contributed by atoms with Crippen LogP contribution in [0.3, 0.4) is 0 Å². The zero-order valence-electron chi connectivity index (χ0n) is 14.1. The first kappa shape index (κ1) is 15.7. The van der Waals surface area contributed by atoms with Gasteiger partial charge in [0, 0.05) is 42.9 Å². The fraction of sp³-hybridized carbons (Fsp3) is 0.941. The highest BCUT2D eigenvalue weighted by Gasteiger charge is 2.59. The molecule has 0 bridgehead atoms. The van der Waals surface area contributed by atoms with E-state index in [1.54, 1.807) is 0 Å². The lowest BCUT2D eigenvalue weighted by atomic mass is 9.57. The first-order valence-corrected chi connectivity index (χ1v) is 8.97. The Morgan fingerprint density at radius 3 is 2.39 bits per heavy atom. The van der Waals surface area contributed by atoms with Gasteiger partial charge in [0.15, 0.2) is 5.79 Å². The highest BCUT2D eigenvalue weighted by atomic mass is 16.7. The minimum Gasteiger partial charge on any atom is -0.377 e. The van der Waals surface area contributed by atoms with Crippen LogP contribution >= 0.6 is 0 Å². The molecule has 4 aliphatic rings. The van der Waals surface area contributed by atoms with E-state index >= 15 is 0 Å². The monoisotopic (exact) mass is 324 g/mol. The van der Waals surface area contributed by atoms with Crippen LogP contribution in [0.1, 0.15) is 46.0 Å². The first-order chi connectivity index (χ1) is 11.0. The van der Waals surface area contributed by atoms with Gasteiger partial charge in [0.05, 0.1) is 19.3 Å². The van der Waals surface area contributed by atoms with Gasteiger partial charge in [0.2, 0.25) is 0 Å². The second-order valence-electron chi connectivity index (χ2n) is 8.04. The van der Waals surface area contributed by atoms with Crippen LogP contribution in [0, 0.1) is 11.3 Å². The molecule has 2 aliphatic heterocycles. The Kier molecular flexibility index (Phi) is 3.82. The maximum Gasteiger partial charge on any atom is 0.315 e. The third-order valence-corrected chi connectivity index (χ3v) is 6.28. The van der Waals surface area contributed by atoms with E-state index in [0.717, 1.165) is 38.7 Å². The molecule has 2 aliphatic carbocycles. The van der Waals surface area contributed by atoms with Crippen molar-refractivity contribution in [2.75, 3.05) is 19.8 Å². The van der Waals surface area contributed by atoms with E-state index in [1.165, 1.54) is 0 Å². The van der Waals surface area contributed by atoms with Crippen LogP contribution in [-0.2, 0) is 14.2 Å². The van der Waals surface area contributed by atoms with Crippen LogP contribution in [0.4, 0.5) is 4.79 Å². The van der Waals surface area contributed by atoms with Crippen molar-refractivity contribution in [2.24, 2.45) is 11.3 Å². The number of hydrogen-bond donors (Lipinski definition) is 2. The average molecular weight is 324 g/mol. The zero-order chi connectivity index (χ0) is 16.1. The van der Waals surface area contributed by atoms with Gasteiger partial charge in [-0.1, -0.05) is 13.8 Å². The summed E-state index contributed by atoms with van der Waals surface area (Å²) >= 11 is 0. The van der Waals surface area contributed by atoms with Crippen LogP contribution in [0.25, 0.3) is 0 Å². The average Bonchev–Trinajstić information content (AvgIpc) is 3.16. The van der Waals surface area contributed by atoms with Crippen LogP contribution in [0.5, 0.6) is 0 Å². The molecule has 4 rings (SSSR count). The molecule has 0 aromatic heterocycles. The van der Waals surface area contributed by atoms with Crippen molar-refractivity contribution in [2.45, 2.75) is 69.9 Å². The van der Waals surface area contributed by atoms with Gasteiger partial charge in [0.25, 0.3) is 0 Å². The fourth-order valence-electron chi connectivity index (χ4n) is 4.97. The molecule has 4 fully saturated rings. The number of ether oxygens (including phenoxy) is 3. The molecule has 0 aromatic rings. The number of carbonyl (C=O) groups is 1. The topological polar surface area (TPSA) is 68.8 Å². The number of hydrogen-bond acceptors (Lipinski definition) is 4. The molecule has 6 nitrogen and oxygen atoms in total. The van der Waals surface area contributed by atoms with E-state index in [1.807, 2.05) is 0 Å². The molecule has 3 unspecified atom stereocenters. The summed E-state index contributed by atoms with van der Waals surface area (Å²) in [4.78, 5) is 12.4. The highest BCUT2D eigenvalue weighted by Crippen LogP contribution is 2.52. The number of carbonyl (C=O) groups excluding carboxylic acids is 1. The van der Waals surface area contributed by atoms with E-state index in [4.69, 9.17) is 14.2 Å².